The molecule has 1 atom stereocenters. The van der Waals surface area contributed by atoms with Gasteiger partial charge in [-0.15, -0.1) is 0 Å². The van der Waals surface area contributed by atoms with E-state index in [1.807, 2.05) is 19.2 Å². The molecule has 244 valence electrons. The quantitative estimate of drug-likeness (QED) is 0.217. The fourth-order valence-corrected chi connectivity index (χ4v) is 6.57. The van der Waals surface area contributed by atoms with Gasteiger partial charge in [0, 0.05) is 63.0 Å². The molecule has 1 unspecified atom stereocenters. The molecule has 0 radical (unpaired) electrons. The maximum Gasteiger partial charge on any atom is 0.305 e. The van der Waals surface area contributed by atoms with Crippen LogP contribution in [0.15, 0.2) is 54.6 Å². The van der Waals surface area contributed by atoms with Gasteiger partial charge >= 0.3 is 5.97 Å². The van der Waals surface area contributed by atoms with Crippen LogP contribution in [0, 0.1) is 6.92 Å². The molecule has 6 rings (SSSR count). The summed E-state index contributed by atoms with van der Waals surface area (Å²) in [5.74, 6) is 1.68. The molecule has 46 heavy (non-hydrogen) atoms. The molecular formula is C36H44N4O6. The number of ether oxygens (including phenoxy) is 4. The van der Waals surface area contributed by atoms with E-state index in [1.54, 1.807) is 7.11 Å². The Kier molecular flexibility index (Phi) is 10.2. The Balaban J connectivity index is 1.23. The molecule has 4 aromatic rings. The summed E-state index contributed by atoms with van der Waals surface area (Å²) in [5.41, 5.74) is 7.26. The van der Waals surface area contributed by atoms with Crippen LogP contribution < -0.4 is 9.47 Å². The van der Waals surface area contributed by atoms with Crippen LogP contribution in [0.25, 0.3) is 33.5 Å². The number of carboxylic acid groups (broad SMARTS) is 1. The van der Waals surface area contributed by atoms with Crippen molar-refractivity contribution >= 4 is 17.0 Å². The lowest BCUT2D eigenvalue weighted by Gasteiger charge is -2.35. The minimum absolute atomic E-state index is 0.0396. The molecule has 2 aliphatic rings. The lowest BCUT2D eigenvalue weighted by Crippen LogP contribution is -2.45. The first-order chi connectivity index (χ1) is 22.4. The Bertz CT molecular complexity index is 1660. The van der Waals surface area contributed by atoms with Crippen LogP contribution in [0.3, 0.4) is 0 Å². The van der Waals surface area contributed by atoms with Gasteiger partial charge in [0.25, 0.3) is 0 Å². The molecule has 2 fully saturated rings. The Morgan fingerprint density at radius 1 is 1.02 bits per heavy atom. The van der Waals surface area contributed by atoms with Crippen LogP contribution in [0.1, 0.15) is 24.0 Å². The molecule has 3 heterocycles. The van der Waals surface area contributed by atoms with Gasteiger partial charge in [-0.3, -0.25) is 14.6 Å². The normalized spacial score (nSPS) is 17.8. The summed E-state index contributed by atoms with van der Waals surface area (Å²) >= 11 is 0. The van der Waals surface area contributed by atoms with Crippen molar-refractivity contribution in [3.63, 3.8) is 0 Å². The molecule has 10 nitrogen and oxygen atoms in total. The smallest absolute Gasteiger partial charge is 0.305 e. The molecule has 0 aliphatic carbocycles. The lowest BCUT2D eigenvalue weighted by molar-refractivity contribution is -0.140. The molecule has 0 bridgehead atoms. The molecular weight excluding hydrogens is 584 g/mol. The minimum atomic E-state index is -0.825. The van der Waals surface area contributed by atoms with Gasteiger partial charge in [-0.2, -0.15) is 0 Å². The number of carboxylic acids is 1. The van der Waals surface area contributed by atoms with Gasteiger partial charge in [-0.05, 0) is 48.2 Å². The summed E-state index contributed by atoms with van der Waals surface area (Å²) in [5, 5.41) is 9.42. The number of benzene rings is 3. The van der Waals surface area contributed by atoms with E-state index < -0.39 is 5.97 Å². The predicted octanol–water partition coefficient (Wildman–Crippen LogP) is 5.00. The highest BCUT2D eigenvalue weighted by atomic mass is 16.5. The van der Waals surface area contributed by atoms with E-state index in [0.29, 0.717) is 32.9 Å². The average molecular weight is 629 g/mol. The second-order valence-electron chi connectivity index (χ2n) is 12.1. The van der Waals surface area contributed by atoms with Gasteiger partial charge in [0.2, 0.25) is 0 Å². The number of rotatable bonds is 12. The van der Waals surface area contributed by atoms with E-state index in [-0.39, 0.29) is 12.5 Å². The first-order valence-corrected chi connectivity index (χ1v) is 16.1. The predicted molar refractivity (Wildman–Crippen MR) is 178 cm³/mol. The molecule has 0 spiro atoms. The van der Waals surface area contributed by atoms with Crippen molar-refractivity contribution in [1.82, 2.24) is 19.4 Å². The van der Waals surface area contributed by atoms with E-state index in [1.165, 1.54) is 0 Å². The van der Waals surface area contributed by atoms with Crippen molar-refractivity contribution in [2.45, 2.75) is 32.4 Å². The number of morpholine rings is 2. The zero-order chi connectivity index (χ0) is 32.0. The third-order valence-corrected chi connectivity index (χ3v) is 9.13. The summed E-state index contributed by atoms with van der Waals surface area (Å²) in [7, 11) is 3.71. The molecule has 0 amide bonds. The Hall–Kier alpha value is -3.96. The van der Waals surface area contributed by atoms with Crippen LogP contribution >= 0.6 is 0 Å². The first-order valence-electron chi connectivity index (χ1n) is 16.1. The third kappa shape index (κ3) is 7.20. The zero-order valence-electron chi connectivity index (χ0n) is 27.0. The number of nitrogens with zero attached hydrogens (tertiary/aromatic N) is 4. The number of aliphatic carboxylic acids is 1. The molecule has 2 aliphatic heterocycles. The fraction of sp³-hybridized carbons (Fsp3) is 0.444. The number of hydrogen-bond donors (Lipinski definition) is 1. The van der Waals surface area contributed by atoms with Crippen molar-refractivity contribution in [3.05, 3.63) is 65.7 Å². The number of aryl methyl sites for hydroxylation is 1. The Labute approximate surface area is 270 Å². The van der Waals surface area contributed by atoms with Gasteiger partial charge in [-0.25, -0.2) is 4.98 Å². The van der Waals surface area contributed by atoms with Crippen molar-refractivity contribution in [2.75, 3.05) is 66.3 Å². The molecule has 0 saturated carbocycles. The maximum atomic E-state index is 11.5. The number of carbonyl (C=O) groups is 1. The van der Waals surface area contributed by atoms with Gasteiger partial charge < -0.3 is 28.6 Å². The summed E-state index contributed by atoms with van der Waals surface area (Å²) in [6.45, 7) is 9.68. The molecule has 1 N–H and O–H groups in total. The summed E-state index contributed by atoms with van der Waals surface area (Å²) < 4.78 is 25.1. The second kappa shape index (κ2) is 14.6. The van der Waals surface area contributed by atoms with Crippen molar-refractivity contribution in [1.29, 1.82) is 0 Å². The van der Waals surface area contributed by atoms with E-state index in [2.05, 4.69) is 63.8 Å². The van der Waals surface area contributed by atoms with Crippen molar-refractivity contribution in [2.24, 2.45) is 7.05 Å². The van der Waals surface area contributed by atoms with Crippen LogP contribution in [0.2, 0.25) is 0 Å². The van der Waals surface area contributed by atoms with Crippen LogP contribution in [-0.2, 0) is 27.9 Å². The molecule has 1 aromatic heterocycles. The van der Waals surface area contributed by atoms with Crippen LogP contribution in [0.5, 0.6) is 11.5 Å². The number of hydrogen-bond acceptors (Lipinski definition) is 8. The number of fused-ring (bicyclic) bond motifs is 1. The molecule has 3 aromatic carbocycles. The highest BCUT2D eigenvalue weighted by Crippen LogP contribution is 2.36. The summed E-state index contributed by atoms with van der Waals surface area (Å²) in [6.07, 6.45) is 1.02. The maximum absolute atomic E-state index is 11.5. The van der Waals surface area contributed by atoms with E-state index >= 15 is 0 Å². The highest BCUT2D eigenvalue weighted by Gasteiger charge is 2.27. The van der Waals surface area contributed by atoms with Gasteiger partial charge in [0.05, 0.1) is 57.6 Å². The average Bonchev–Trinajstić information content (AvgIpc) is 3.38. The fourth-order valence-electron chi connectivity index (χ4n) is 6.57. The Morgan fingerprint density at radius 2 is 1.80 bits per heavy atom. The third-order valence-electron chi connectivity index (χ3n) is 9.13. The van der Waals surface area contributed by atoms with Gasteiger partial charge in [0.15, 0.2) is 0 Å². The number of methoxy groups -OCH3 is 1. The number of aromatic nitrogens is 2. The van der Waals surface area contributed by atoms with Crippen LogP contribution in [0.4, 0.5) is 0 Å². The molecule has 2 saturated heterocycles. The number of imidazole rings is 1. The van der Waals surface area contributed by atoms with Gasteiger partial charge in [-0.1, -0.05) is 30.3 Å². The standard InChI is InChI=1S/C36H44N4O6/c1-25-30(26-7-4-8-29(19-26)46-15-6-11-39-12-16-44-17-13-39)9-5-10-31(25)36-37-32-20-27(34(43-3)22-33(32)38(36)2)23-40-14-18-45-24-28(40)21-35(41)42/h4-5,7-10,19-20,22,28H,6,11-18,21,23-24H2,1-3H3,(H,41,42). The summed E-state index contributed by atoms with van der Waals surface area (Å²) in [4.78, 5) is 21.2. The second-order valence-corrected chi connectivity index (χ2v) is 12.1. The van der Waals surface area contributed by atoms with E-state index in [0.717, 1.165) is 95.4 Å². The lowest BCUT2D eigenvalue weighted by atomic mass is 9.96. The summed E-state index contributed by atoms with van der Waals surface area (Å²) in [6, 6.07) is 18.6. The first kappa shape index (κ1) is 32.0. The molecule has 10 heteroatoms. The minimum Gasteiger partial charge on any atom is -0.496 e. The highest BCUT2D eigenvalue weighted by molar-refractivity contribution is 5.85. The van der Waals surface area contributed by atoms with Crippen molar-refractivity contribution in [3.8, 4) is 34.0 Å². The SMILES string of the molecule is COc1cc2c(cc1CN1CCOCC1CC(=O)O)nc(-c1cccc(-c3cccc(OCCCN4CCOCC4)c3)c1C)n2C. The largest absolute Gasteiger partial charge is 0.496 e. The zero-order valence-corrected chi connectivity index (χ0v) is 27.0. The monoisotopic (exact) mass is 628 g/mol. The van der Waals surface area contributed by atoms with Crippen LogP contribution in [-0.4, -0.2) is 103 Å². The van der Waals surface area contributed by atoms with Gasteiger partial charge in [0.1, 0.15) is 17.3 Å². The van der Waals surface area contributed by atoms with E-state index in [9.17, 15) is 9.90 Å². The topological polar surface area (TPSA) is 98.5 Å². The Morgan fingerprint density at radius 3 is 2.61 bits per heavy atom. The van der Waals surface area contributed by atoms with E-state index in [4.69, 9.17) is 23.9 Å². The van der Waals surface area contributed by atoms with Crippen molar-refractivity contribution < 1.29 is 28.8 Å².